The van der Waals surface area contributed by atoms with E-state index in [0.717, 1.165) is 17.7 Å². The van der Waals surface area contributed by atoms with Crippen LogP contribution in [0.1, 0.15) is 49.6 Å². The monoisotopic (exact) mass is 434 g/mol. The Bertz CT molecular complexity index is 905. The normalized spacial score (nSPS) is 19.9. The van der Waals surface area contributed by atoms with Crippen molar-refractivity contribution in [2.45, 2.75) is 49.8 Å². The van der Waals surface area contributed by atoms with E-state index in [-0.39, 0.29) is 12.6 Å². The number of esters is 1. The minimum absolute atomic E-state index is 0.258. The van der Waals surface area contributed by atoms with Crippen LogP contribution in [0.25, 0.3) is 0 Å². The number of carbonyl (C=O) groups excluding carboxylic acids is 2. The molecule has 11 heteroatoms. The van der Waals surface area contributed by atoms with Gasteiger partial charge in [-0.2, -0.15) is 0 Å². The summed E-state index contributed by atoms with van der Waals surface area (Å²) in [6.45, 7) is 2.02. The van der Waals surface area contributed by atoms with Crippen molar-refractivity contribution in [3.8, 4) is 0 Å². The van der Waals surface area contributed by atoms with E-state index in [0.29, 0.717) is 28.2 Å². The maximum Gasteiger partial charge on any atom is 0.338 e. The Labute approximate surface area is 176 Å². The molecular formula is C18H22N6O3S2. The molecule has 0 spiro atoms. The average molecular weight is 435 g/mol. The van der Waals surface area contributed by atoms with E-state index in [2.05, 4.69) is 26.2 Å². The van der Waals surface area contributed by atoms with Crippen LogP contribution in [-0.4, -0.2) is 44.6 Å². The second-order valence-electron chi connectivity index (χ2n) is 6.79. The zero-order chi connectivity index (χ0) is 20.2. The summed E-state index contributed by atoms with van der Waals surface area (Å²) < 4.78 is 7.14. The highest BCUT2D eigenvalue weighted by atomic mass is 32.2. The van der Waals surface area contributed by atoms with Gasteiger partial charge in [0, 0.05) is 16.3 Å². The highest BCUT2D eigenvalue weighted by Crippen LogP contribution is 2.34. The highest BCUT2D eigenvalue weighted by molar-refractivity contribution is 7.99. The highest BCUT2D eigenvalue weighted by Gasteiger charge is 2.34. The summed E-state index contributed by atoms with van der Waals surface area (Å²) in [5.74, 6) is -0.0827. The van der Waals surface area contributed by atoms with E-state index in [4.69, 9.17) is 4.74 Å². The topological polar surface area (TPSA) is 111 Å². The number of hydrogen-bond donors (Lipinski definition) is 2. The van der Waals surface area contributed by atoms with E-state index in [9.17, 15) is 9.59 Å². The van der Waals surface area contributed by atoms with Gasteiger partial charge in [-0.1, -0.05) is 30.7 Å². The minimum Gasteiger partial charge on any atom is -0.463 e. The van der Waals surface area contributed by atoms with Gasteiger partial charge in [-0.05, 0) is 41.6 Å². The van der Waals surface area contributed by atoms with Crippen LogP contribution >= 0.6 is 23.1 Å². The number of carbonyl (C=O) groups is 2. The molecule has 2 aromatic heterocycles. The van der Waals surface area contributed by atoms with E-state index in [1.165, 1.54) is 35.9 Å². The number of amides is 2. The zero-order valence-corrected chi connectivity index (χ0v) is 17.6. The summed E-state index contributed by atoms with van der Waals surface area (Å²) in [6.07, 6.45) is 4.49. The van der Waals surface area contributed by atoms with Crippen molar-refractivity contribution in [2.75, 3.05) is 12.4 Å². The molecule has 1 aliphatic heterocycles. The Kier molecular flexibility index (Phi) is 6.14. The molecule has 154 valence electrons. The molecule has 1 atom stereocenters. The van der Waals surface area contributed by atoms with Crippen molar-refractivity contribution in [1.29, 1.82) is 0 Å². The van der Waals surface area contributed by atoms with Gasteiger partial charge in [0.15, 0.2) is 0 Å². The number of hydrogen-bond acceptors (Lipinski definition) is 8. The molecule has 0 saturated heterocycles. The molecule has 0 aromatic carbocycles. The molecule has 29 heavy (non-hydrogen) atoms. The number of nitrogens with one attached hydrogen (secondary N) is 2. The number of urea groups is 1. The molecule has 9 nitrogen and oxygen atoms in total. The number of aromatic nitrogens is 4. The van der Waals surface area contributed by atoms with Gasteiger partial charge in [-0.3, -0.25) is 0 Å². The van der Waals surface area contributed by atoms with Crippen molar-refractivity contribution in [3.05, 3.63) is 33.7 Å². The first-order valence-corrected chi connectivity index (χ1v) is 11.5. The van der Waals surface area contributed by atoms with Gasteiger partial charge in [0.05, 0.1) is 24.3 Å². The second kappa shape index (κ2) is 8.95. The van der Waals surface area contributed by atoms with Crippen molar-refractivity contribution in [2.24, 2.45) is 0 Å². The van der Waals surface area contributed by atoms with Crippen LogP contribution in [0.3, 0.4) is 0 Å². The predicted molar refractivity (Wildman–Crippen MR) is 108 cm³/mol. The van der Waals surface area contributed by atoms with Gasteiger partial charge >= 0.3 is 12.0 Å². The molecule has 0 radical (unpaired) electrons. The fraction of sp³-hybridized carbons (Fsp3) is 0.500. The first kappa shape index (κ1) is 19.9. The summed E-state index contributed by atoms with van der Waals surface area (Å²) in [5.41, 5.74) is 0.942. The molecule has 2 aliphatic rings. The van der Waals surface area contributed by atoms with Gasteiger partial charge in [-0.25, -0.2) is 14.3 Å². The molecule has 0 unspecified atom stereocenters. The van der Waals surface area contributed by atoms with Crippen LogP contribution in [0.15, 0.2) is 33.9 Å². The third kappa shape index (κ3) is 4.30. The summed E-state index contributed by atoms with van der Waals surface area (Å²) in [7, 11) is 0. The van der Waals surface area contributed by atoms with Gasteiger partial charge in [0.2, 0.25) is 5.16 Å². The van der Waals surface area contributed by atoms with E-state index >= 15 is 0 Å². The summed E-state index contributed by atoms with van der Waals surface area (Å²) in [4.78, 5) is 25.9. The summed E-state index contributed by atoms with van der Waals surface area (Å²) in [6, 6.07) is 3.21. The minimum atomic E-state index is -0.538. The van der Waals surface area contributed by atoms with Gasteiger partial charge < -0.3 is 15.4 Å². The number of thioether (sulfide) groups is 1. The lowest BCUT2D eigenvalue weighted by molar-refractivity contribution is -0.139. The molecule has 3 heterocycles. The summed E-state index contributed by atoms with van der Waals surface area (Å²) in [5, 5.41) is 20.3. The number of thiophene rings is 1. The Morgan fingerprint density at radius 3 is 2.97 bits per heavy atom. The van der Waals surface area contributed by atoms with E-state index in [1.54, 1.807) is 6.92 Å². The van der Waals surface area contributed by atoms with Gasteiger partial charge in [0.25, 0.3) is 0 Å². The SMILES string of the molecule is CCOC(=O)C1=C(CSc2nnnn2C2CCCC2)NC(=O)N[C@H]1c1cccs1. The van der Waals surface area contributed by atoms with E-state index < -0.39 is 12.0 Å². The lowest BCUT2D eigenvalue weighted by atomic mass is 10.0. The number of rotatable bonds is 7. The van der Waals surface area contributed by atoms with Crippen LogP contribution in [-0.2, 0) is 9.53 Å². The van der Waals surface area contributed by atoms with Crippen molar-refractivity contribution < 1.29 is 14.3 Å². The van der Waals surface area contributed by atoms with Crippen molar-refractivity contribution in [1.82, 2.24) is 30.8 Å². The van der Waals surface area contributed by atoms with Crippen LogP contribution in [0.2, 0.25) is 0 Å². The number of nitrogens with zero attached hydrogens (tertiary/aromatic N) is 4. The van der Waals surface area contributed by atoms with Gasteiger partial charge in [0.1, 0.15) is 0 Å². The molecule has 2 N–H and O–H groups in total. The molecule has 1 fully saturated rings. The fourth-order valence-corrected chi connectivity index (χ4v) is 5.34. The molecule has 1 aliphatic carbocycles. The molecule has 1 saturated carbocycles. The quantitative estimate of drug-likeness (QED) is 0.509. The van der Waals surface area contributed by atoms with Gasteiger partial charge in [-0.15, -0.1) is 16.4 Å². The van der Waals surface area contributed by atoms with Crippen LogP contribution in [0.4, 0.5) is 4.79 Å². The van der Waals surface area contributed by atoms with Crippen LogP contribution in [0.5, 0.6) is 0 Å². The molecule has 2 aromatic rings. The third-order valence-corrected chi connectivity index (χ3v) is 6.85. The average Bonchev–Trinajstić information content (AvgIpc) is 3.48. The number of tetrazole rings is 1. The maximum atomic E-state index is 12.7. The van der Waals surface area contributed by atoms with Crippen LogP contribution in [0, 0.1) is 0 Å². The van der Waals surface area contributed by atoms with Crippen molar-refractivity contribution in [3.63, 3.8) is 0 Å². The largest absolute Gasteiger partial charge is 0.463 e. The maximum absolute atomic E-state index is 12.7. The molecule has 2 amide bonds. The molecular weight excluding hydrogens is 412 g/mol. The number of ether oxygens (including phenoxy) is 1. The Morgan fingerprint density at radius 1 is 1.41 bits per heavy atom. The second-order valence-corrected chi connectivity index (χ2v) is 8.71. The summed E-state index contributed by atoms with van der Waals surface area (Å²) >= 11 is 2.89. The molecule has 4 rings (SSSR count). The van der Waals surface area contributed by atoms with Crippen molar-refractivity contribution >= 4 is 35.1 Å². The zero-order valence-electron chi connectivity index (χ0n) is 16.0. The molecule has 0 bridgehead atoms. The Hall–Kier alpha value is -2.40. The Morgan fingerprint density at radius 2 is 2.24 bits per heavy atom. The predicted octanol–water partition coefficient (Wildman–Crippen LogP) is 2.81. The smallest absolute Gasteiger partial charge is 0.338 e. The first-order chi connectivity index (χ1) is 14.2. The van der Waals surface area contributed by atoms with Crippen LogP contribution < -0.4 is 10.6 Å². The standard InChI is InChI=1S/C18H22N6O3S2/c1-2-27-16(25)14-12(19-17(26)20-15(14)13-8-5-9-28-13)10-29-18-21-22-23-24(18)11-6-3-4-7-11/h5,8-9,11,15H,2-4,6-7,10H2,1H3,(H2,19,20,26)/t15-/m0/s1. The lowest BCUT2D eigenvalue weighted by Crippen LogP contribution is -2.46. The lowest BCUT2D eigenvalue weighted by Gasteiger charge is -2.28. The Balaban J connectivity index is 1.61. The third-order valence-electron chi connectivity index (χ3n) is 4.96. The fourth-order valence-electron chi connectivity index (χ4n) is 3.65. The first-order valence-electron chi connectivity index (χ1n) is 9.59. The van der Waals surface area contributed by atoms with E-state index in [1.807, 2.05) is 22.2 Å².